The second-order valence-electron chi connectivity index (χ2n) is 6.91. The average Bonchev–Trinajstić information content (AvgIpc) is 2.56. The molecular weight excluding hydrogens is 274 g/mol. The van der Waals surface area contributed by atoms with E-state index in [1.807, 2.05) is 20.3 Å². The van der Waals surface area contributed by atoms with Crippen molar-refractivity contribution < 1.29 is 0 Å². The molecule has 0 aromatic carbocycles. The molecule has 2 aliphatic heterocycles. The molecule has 3 rings (SSSR count). The molecule has 0 spiro atoms. The van der Waals surface area contributed by atoms with Crippen LogP contribution in [0.15, 0.2) is 12.4 Å². The maximum Gasteiger partial charge on any atom is 0.171 e. The number of hydrogen-bond donors (Lipinski definition) is 0. The molecular formula is C17H29N5. The lowest BCUT2D eigenvalue weighted by atomic mass is 9.96. The van der Waals surface area contributed by atoms with Crippen molar-refractivity contribution in [1.82, 2.24) is 14.9 Å². The van der Waals surface area contributed by atoms with E-state index in [2.05, 4.69) is 24.7 Å². The van der Waals surface area contributed by atoms with Gasteiger partial charge in [0.05, 0.1) is 0 Å². The summed E-state index contributed by atoms with van der Waals surface area (Å²) in [6.45, 7) is 6.08. The van der Waals surface area contributed by atoms with Crippen LogP contribution in [-0.2, 0) is 0 Å². The second kappa shape index (κ2) is 7.27. The lowest BCUT2D eigenvalue weighted by molar-refractivity contribution is 0.185. The monoisotopic (exact) mass is 303 g/mol. The Labute approximate surface area is 134 Å². The normalized spacial score (nSPS) is 23.5. The van der Waals surface area contributed by atoms with Gasteiger partial charge in [0.15, 0.2) is 11.6 Å². The molecule has 2 fully saturated rings. The van der Waals surface area contributed by atoms with Gasteiger partial charge in [0.2, 0.25) is 0 Å². The highest BCUT2D eigenvalue weighted by Crippen LogP contribution is 2.28. The number of hydrogen-bond acceptors (Lipinski definition) is 5. The van der Waals surface area contributed by atoms with E-state index in [4.69, 9.17) is 0 Å². The Balaban J connectivity index is 1.65. The molecule has 0 bridgehead atoms. The topological polar surface area (TPSA) is 35.5 Å². The quantitative estimate of drug-likeness (QED) is 0.852. The highest BCUT2D eigenvalue weighted by Gasteiger charge is 2.25. The molecule has 0 saturated carbocycles. The van der Waals surface area contributed by atoms with Crippen molar-refractivity contribution in [1.29, 1.82) is 0 Å². The Morgan fingerprint density at radius 2 is 1.82 bits per heavy atom. The minimum atomic E-state index is 0.767. The van der Waals surface area contributed by atoms with E-state index in [1.54, 1.807) is 6.20 Å². The van der Waals surface area contributed by atoms with Crippen LogP contribution < -0.4 is 9.80 Å². The first-order chi connectivity index (χ1) is 10.7. The lowest BCUT2D eigenvalue weighted by Gasteiger charge is -2.38. The van der Waals surface area contributed by atoms with Crippen LogP contribution in [0.2, 0.25) is 0 Å². The summed E-state index contributed by atoms with van der Waals surface area (Å²) < 4.78 is 0. The summed E-state index contributed by atoms with van der Waals surface area (Å²) in [5.41, 5.74) is 0. The van der Waals surface area contributed by atoms with Gasteiger partial charge >= 0.3 is 0 Å². The van der Waals surface area contributed by atoms with Gasteiger partial charge < -0.3 is 14.7 Å². The molecule has 5 heteroatoms. The molecule has 0 aliphatic carbocycles. The first-order valence-corrected chi connectivity index (χ1v) is 8.69. The zero-order valence-electron chi connectivity index (χ0n) is 14.0. The fraction of sp³-hybridized carbons (Fsp3) is 0.765. The molecule has 1 atom stereocenters. The fourth-order valence-corrected chi connectivity index (χ4v) is 3.78. The molecule has 2 saturated heterocycles. The number of aromatic nitrogens is 2. The third-order valence-electron chi connectivity index (χ3n) is 4.87. The molecule has 5 nitrogen and oxygen atoms in total. The average molecular weight is 303 g/mol. The predicted molar refractivity (Wildman–Crippen MR) is 91.6 cm³/mol. The van der Waals surface area contributed by atoms with E-state index >= 15 is 0 Å². The van der Waals surface area contributed by atoms with Crippen LogP contribution in [-0.4, -0.2) is 61.7 Å². The zero-order chi connectivity index (χ0) is 15.4. The van der Waals surface area contributed by atoms with Crippen molar-refractivity contribution in [3.05, 3.63) is 12.4 Å². The summed E-state index contributed by atoms with van der Waals surface area (Å²) in [4.78, 5) is 16.3. The molecule has 0 N–H and O–H groups in total. The van der Waals surface area contributed by atoms with E-state index in [0.717, 1.165) is 30.6 Å². The smallest absolute Gasteiger partial charge is 0.171 e. The summed E-state index contributed by atoms with van der Waals surface area (Å²) in [5, 5.41) is 0. The Bertz CT molecular complexity index is 470. The van der Waals surface area contributed by atoms with Gasteiger partial charge in [0.25, 0.3) is 0 Å². The van der Waals surface area contributed by atoms with E-state index in [9.17, 15) is 0 Å². The largest absolute Gasteiger partial charge is 0.360 e. The number of nitrogens with zero attached hydrogens (tertiary/aromatic N) is 5. The van der Waals surface area contributed by atoms with Gasteiger partial charge in [-0.3, -0.25) is 0 Å². The molecule has 0 amide bonds. The standard InChI is InChI=1S/C17H29N5/c1-20(2)16-17(19-9-8-18-16)22-12-6-7-15(14-22)13-21-10-4-3-5-11-21/h8-9,15H,3-7,10-14H2,1-2H3. The third-order valence-corrected chi connectivity index (χ3v) is 4.87. The van der Waals surface area contributed by atoms with Gasteiger partial charge in [0.1, 0.15) is 0 Å². The van der Waals surface area contributed by atoms with E-state index < -0.39 is 0 Å². The van der Waals surface area contributed by atoms with E-state index in [-0.39, 0.29) is 0 Å². The van der Waals surface area contributed by atoms with E-state index in [1.165, 1.54) is 51.7 Å². The second-order valence-corrected chi connectivity index (χ2v) is 6.91. The van der Waals surface area contributed by atoms with Gasteiger partial charge in [-0.1, -0.05) is 6.42 Å². The number of likely N-dealkylation sites (tertiary alicyclic amines) is 1. The molecule has 0 radical (unpaired) electrons. The maximum absolute atomic E-state index is 4.61. The Morgan fingerprint density at radius 3 is 2.59 bits per heavy atom. The fourth-order valence-electron chi connectivity index (χ4n) is 3.78. The van der Waals surface area contributed by atoms with Gasteiger partial charge in [-0.05, 0) is 44.7 Å². The first kappa shape index (κ1) is 15.5. The predicted octanol–water partition coefficient (Wildman–Crippen LogP) is 2.24. The van der Waals surface area contributed by atoms with Crippen molar-refractivity contribution in [3.8, 4) is 0 Å². The summed E-state index contributed by atoms with van der Waals surface area (Å²) in [6.07, 6.45) is 10.4. The maximum atomic E-state index is 4.61. The van der Waals surface area contributed by atoms with Gasteiger partial charge in [-0.15, -0.1) is 0 Å². The Hall–Kier alpha value is -1.36. The van der Waals surface area contributed by atoms with Crippen LogP contribution in [0.3, 0.4) is 0 Å². The minimum Gasteiger partial charge on any atom is -0.360 e. The highest BCUT2D eigenvalue weighted by molar-refractivity contribution is 5.61. The number of rotatable bonds is 4. The minimum absolute atomic E-state index is 0.767. The van der Waals surface area contributed by atoms with Crippen molar-refractivity contribution in [2.75, 3.05) is 56.6 Å². The van der Waals surface area contributed by atoms with Crippen molar-refractivity contribution in [2.45, 2.75) is 32.1 Å². The highest BCUT2D eigenvalue weighted by atomic mass is 15.3. The van der Waals surface area contributed by atoms with Crippen LogP contribution in [0.5, 0.6) is 0 Å². The zero-order valence-corrected chi connectivity index (χ0v) is 14.0. The number of piperidine rings is 2. The van der Waals surface area contributed by atoms with Crippen LogP contribution >= 0.6 is 0 Å². The summed E-state index contributed by atoms with van der Waals surface area (Å²) >= 11 is 0. The molecule has 1 aromatic heterocycles. The van der Waals surface area contributed by atoms with E-state index in [0.29, 0.717) is 0 Å². The van der Waals surface area contributed by atoms with Crippen molar-refractivity contribution in [2.24, 2.45) is 5.92 Å². The molecule has 3 heterocycles. The first-order valence-electron chi connectivity index (χ1n) is 8.69. The Kier molecular flexibility index (Phi) is 5.13. The van der Waals surface area contributed by atoms with Crippen LogP contribution in [0.1, 0.15) is 32.1 Å². The van der Waals surface area contributed by atoms with Crippen LogP contribution in [0.25, 0.3) is 0 Å². The van der Waals surface area contributed by atoms with Crippen molar-refractivity contribution >= 4 is 11.6 Å². The number of anilines is 2. The van der Waals surface area contributed by atoms with Gasteiger partial charge in [-0.2, -0.15) is 0 Å². The summed E-state index contributed by atoms with van der Waals surface area (Å²) in [6, 6.07) is 0. The SMILES string of the molecule is CN(C)c1nccnc1N1CCCC(CN2CCCCC2)C1. The molecule has 1 aromatic rings. The summed E-state index contributed by atoms with van der Waals surface area (Å²) in [5.74, 6) is 2.81. The third kappa shape index (κ3) is 3.69. The molecule has 122 valence electrons. The van der Waals surface area contributed by atoms with Crippen LogP contribution in [0, 0.1) is 5.92 Å². The Morgan fingerprint density at radius 1 is 1.05 bits per heavy atom. The lowest BCUT2D eigenvalue weighted by Crippen LogP contribution is -2.43. The molecule has 2 aliphatic rings. The van der Waals surface area contributed by atoms with Gasteiger partial charge in [-0.25, -0.2) is 9.97 Å². The van der Waals surface area contributed by atoms with Gasteiger partial charge in [0, 0.05) is 46.1 Å². The summed E-state index contributed by atoms with van der Waals surface area (Å²) in [7, 11) is 4.09. The molecule has 22 heavy (non-hydrogen) atoms. The van der Waals surface area contributed by atoms with Crippen molar-refractivity contribution in [3.63, 3.8) is 0 Å². The molecule has 1 unspecified atom stereocenters. The van der Waals surface area contributed by atoms with Crippen LogP contribution in [0.4, 0.5) is 11.6 Å².